The normalized spacial score (nSPS) is 16.5. The van der Waals surface area contributed by atoms with Crippen molar-refractivity contribution in [3.8, 4) is 5.75 Å². The zero-order valence-corrected chi connectivity index (χ0v) is 11.7. The highest BCUT2D eigenvalue weighted by molar-refractivity contribution is 7.91. The van der Waals surface area contributed by atoms with Crippen LogP contribution in [0.2, 0.25) is 0 Å². The summed E-state index contributed by atoms with van der Waals surface area (Å²) >= 11 is 6.25. The number of nitrogens with one attached hydrogen (secondary N) is 1. The molecule has 0 aromatic heterocycles. The van der Waals surface area contributed by atoms with E-state index in [1.807, 2.05) is 31.2 Å². The average Bonchev–Trinajstić information content (AvgIpc) is 2.20. The molecule has 0 saturated heterocycles. The molecule has 0 heterocycles. The first-order chi connectivity index (χ1) is 7.43. The fraction of sp³-hybridized carbons (Fsp3) is 0.417. The molecule has 90 valence electrons. The number of benzene rings is 1. The van der Waals surface area contributed by atoms with E-state index in [9.17, 15) is 0 Å². The second-order valence-electron chi connectivity index (χ2n) is 3.99. The number of rotatable bonds is 5. The summed E-state index contributed by atoms with van der Waals surface area (Å²) in [7, 11) is 0. The lowest BCUT2D eigenvalue weighted by atomic mass is 10.2. The Bertz CT molecular complexity index is 377. The van der Waals surface area contributed by atoms with Gasteiger partial charge in [0.15, 0.2) is 6.62 Å². The van der Waals surface area contributed by atoms with Gasteiger partial charge in [-0.25, -0.2) is 0 Å². The van der Waals surface area contributed by atoms with Crippen molar-refractivity contribution in [3.63, 3.8) is 0 Å². The van der Waals surface area contributed by atoms with Crippen LogP contribution >= 0.6 is 17.9 Å². The third-order valence-electron chi connectivity index (χ3n) is 2.30. The molecule has 0 saturated carbocycles. The first-order valence-electron chi connectivity index (χ1n) is 5.40. The van der Waals surface area contributed by atoms with Crippen LogP contribution in [-0.2, 0) is 0 Å². The molecule has 16 heavy (non-hydrogen) atoms. The van der Waals surface area contributed by atoms with Gasteiger partial charge in [0.2, 0.25) is 0 Å². The largest absolute Gasteiger partial charge is 0.450 e. The molecule has 0 fully saturated rings. The molecule has 2 atom stereocenters. The number of hydrogen-bond donors (Lipinski definition) is 1. The smallest absolute Gasteiger partial charge is 0.197 e. The summed E-state index contributed by atoms with van der Waals surface area (Å²) in [5.74, 6) is 0.764. The quantitative estimate of drug-likeness (QED) is 0.801. The van der Waals surface area contributed by atoms with Crippen molar-refractivity contribution in [3.05, 3.63) is 29.8 Å². The molecule has 1 aromatic carbocycles. The molecule has 0 amide bonds. The van der Waals surface area contributed by atoms with Gasteiger partial charge in [-0.2, -0.15) is 0 Å². The summed E-state index contributed by atoms with van der Waals surface area (Å²) in [6.07, 6.45) is 4.92. The molecule has 0 radical (unpaired) electrons. The van der Waals surface area contributed by atoms with Crippen LogP contribution in [0.15, 0.2) is 24.3 Å². The topological polar surface area (TPSA) is 21.3 Å². The zero-order chi connectivity index (χ0) is 12.2. The maximum absolute atomic E-state index is 6.25. The molecular formula is C12H19ClNOP. The molecule has 1 N–H and O–H groups in total. The molecule has 1 rings (SSSR count). The van der Waals surface area contributed by atoms with Crippen LogP contribution in [0.1, 0.15) is 25.8 Å². The van der Waals surface area contributed by atoms with Crippen LogP contribution in [-0.4, -0.2) is 12.3 Å². The van der Waals surface area contributed by atoms with Crippen LogP contribution in [0.25, 0.3) is 0 Å². The first-order valence-corrected chi connectivity index (χ1v) is 8.20. The molecule has 0 aliphatic carbocycles. The van der Waals surface area contributed by atoms with Gasteiger partial charge in [0.05, 0.1) is 0 Å². The Kier molecular flexibility index (Phi) is 4.91. The van der Waals surface area contributed by atoms with Gasteiger partial charge in [0.25, 0.3) is 0 Å². The molecule has 4 heteroatoms. The van der Waals surface area contributed by atoms with Gasteiger partial charge in [-0.05, 0) is 49.9 Å². The van der Waals surface area contributed by atoms with E-state index in [0.29, 0.717) is 6.04 Å². The van der Waals surface area contributed by atoms with E-state index in [-0.39, 0.29) is 0 Å². The minimum Gasteiger partial charge on any atom is -0.450 e. The lowest BCUT2D eigenvalue weighted by Gasteiger charge is -2.23. The zero-order valence-electron chi connectivity index (χ0n) is 10.0. The summed E-state index contributed by atoms with van der Waals surface area (Å²) < 4.78 is 5.68. The summed E-state index contributed by atoms with van der Waals surface area (Å²) in [6, 6.07) is 8.13. The first kappa shape index (κ1) is 13.6. The number of halogens is 1. The van der Waals surface area contributed by atoms with Crippen molar-refractivity contribution in [1.29, 1.82) is 0 Å². The Labute approximate surface area is 103 Å². The highest BCUT2D eigenvalue weighted by atomic mass is 35.7. The second-order valence-corrected chi connectivity index (χ2v) is 7.38. The lowest BCUT2D eigenvalue weighted by Crippen LogP contribution is -2.22. The van der Waals surface area contributed by atoms with Gasteiger partial charge in [-0.3, -0.25) is 5.09 Å². The van der Waals surface area contributed by atoms with Crippen LogP contribution in [0.4, 0.5) is 0 Å². The standard InChI is InChI=1S/C12H19ClNOP/c1-5-11(3)14-16(4,13)15-12-8-6-10(2)7-9-12/h6-9,11,14H,4-5H2,1-3H3. The molecule has 0 aliphatic rings. The van der Waals surface area contributed by atoms with Gasteiger partial charge < -0.3 is 4.52 Å². The highest BCUT2D eigenvalue weighted by Gasteiger charge is 2.14. The summed E-state index contributed by atoms with van der Waals surface area (Å²) in [6.45, 7) is 3.92. The molecular weight excluding hydrogens is 241 g/mol. The van der Waals surface area contributed by atoms with E-state index in [2.05, 4.69) is 25.2 Å². The SMILES string of the molecule is C=P(Cl)(NC(C)CC)Oc1ccc(C)cc1. The van der Waals surface area contributed by atoms with Gasteiger partial charge in [-0.15, -0.1) is 0 Å². The average molecular weight is 260 g/mol. The van der Waals surface area contributed by atoms with Crippen LogP contribution in [0.5, 0.6) is 5.75 Å². The minimum atomic E-state index is -2.28. The predicted molar refractivity (Wildman–Crippen MR) is 74.6 cm³/mol. The van der Waals surface area contributed by atoms with E-state index < -0.39 is 6.62 Å². The van der Waals surface area contributed by atoms with E-state index in [1.54, 1.807) is 0 Å². The van der Waals surface area contributed by atoms with E-state index in [4.69, 9.17) is 15.8 Å². The highest BCUT2D eigenvalue weighted by Crippen LogP contribution is 2.48. The van der Waals surface area contributed by atoms with Crippen LogP contribution in [0.3, 0.4) is 0 Å². The van der Waals surface area contributed by atoms with E-state index >= 15 is 0 Å². The Balaban J connectivity index is 2.65. The monoisotopic (exact) mass is 259 g/mol. The molecule has 0 bridgehead atoms. The van der Waals surface area contributed by atoms with Crippen molar-refractivity contribution in [2.24, 2.45) is 0 Å². The fourth-order valence-corrected chi connectivity index (χ4v) is 3.30. The van der Waals surface area contributed by atoms with Crippen molar-refractivity contribution in [2.45, 2.75) is 33.2 Å². The lowest BCUT2D eigenvalue weighted by molar-refractivity contribution is 0.576. The van der Waals surface area contributed by atoms with Crippen LogP contribution < -0.4 is 9.61 Å². The maximum Gasteiger partial charge on any atom is 0.197 e. The molecule has 0 aliphatic heterocycles. The number of hydrogen-bond acceptors (Lipinski definition) is 2. The van der Waals surface area contributed by atoms with E-state index in [0.717, 1.165) is 12.2 Å². The van der Waals surface area contributed by atoms with Crippen molar-refractivity contribution in [2.75, 3.05) is 0 Å². The van der Waals surface area contributed by atoms with Crippen molar-refractivity contribution < 1.29 is 4.52 Å². The summed E-state index contributed by atoms with van der Waals surface area (Å²) in [5.41, 5.74) is 1.20. The minimum absolute atomic E-state index is 0.314. The van der Waals surface area contributed by atoms with E-state index in [1.165, 1.54) is 5.56 Å². The fourth-order valence-electron chi connectivity index (χ4n) is 1.21. The van der Waals surface area contributed by atoms with Gasteiger partial charge in [0.1, 0.15) is 5.75 Å². The van der Waals surface area contributed by atoms with Gasteiger partial charge in [0, 0.05) is 6.04 Å². The van der Waals surface area contributed by atoms with Crippen molar-refractivity contribution in [1.82, 2.24) is 5.09 Å². The Morgan fingerprint density at radius 2 is 2.00 bits per heavy atom. The molecule has 1 aromatic rings. The third kappa shape index (κ3) is 4.61. The van der Waals surface area contributed by atoms with Crippen LogP contribution in [0, 0.1) is 6.92 Å². The van der Waals surface area contributed by atoms with Gasteiger partial charge >= 0.3 is 0 Å². The predicted octanol–water partition coefficient (Wildman–Crippen LogP) is 4.20. The maximum atomic E-state index is 6.25. The molecule has 2 unspecified atom stereocenters. The van der Waals surface area contributed by atoms with Gasteiger partial charge in [-0.1, -0.05) is 24.6 Å². The third-order valence-corrected chi connectivity index (χ3v) is 4.12. The Morgan fingerprint density at radius 3 is 2.50 bits per heavy atom. The summed E-state index contributed by atoms with van der Waals surface area (Å²) in [5, 5.41) is 3.21. The second kappa shape index (κ2) is 5.77. The molecule has 2 nitrogen and oxygen atoms in total. The summed E-state index contributed by atoms with van der Waals surface area (Å²) in [4.78, 5) is 0. The molecule has 0 spiro atoms. The van der Waals surface area contributed by atoms with Crippen molar-refractivity contribution >= 4 is 24.2 Å². The Morgan fingerprint density at radius 1 is 1.44 bits per heavy atom. The Hall–Kier alpha value is -0.430. The number of aryl methyl sites for hydroxylation is 1.